The topological polar surface area (TPSA) is 95.9 Å². The number of hydrogen-bond donors (Lipinski definition) is 2. The first kappa shape index (κ1) is 15.3. The Labute approximate surface area is 127 Å². The van der Waals surface area contributed by atoms with Crippen molar-refractivity contribution in [3.05, 3.63) is 48.5 Å². The lowest BCUT2D eigenvalue weighted by Crippen LogP contribution is -2.43. The second kappa shape index (κ2) is 6.13. The van der Waals surface area contributed by atoms with Crippen molar-refractivity contribution in [3.63, 3.8) is 0 Å². The lowest BCUT2D eigenvalue weighted by Gasteiger charge is -2.14. The van der Waals surface area contributed by atoms with Crippen LogP contribution in [0.2, 0.25) is 0 Å². The molecule has 2 atom stereocenters. The van der Waals surface area contributed by atoms with Crippen molar-refractivity contribution in [2.45, 2.75) is 11.6 Å². The zero-order chi connectivity index (χ0) is 14.1. The fourth-order valence-corrected chi connectivity index (χ4v) is 2.35. The fourth-order valence-electron chi connectivity index (χ4n) is 2.14. The molecule has 3 rings (SSSR count). The van der Waals surface area contributed by atoms with Gasteiger partial charge in [0.25, 0.3) is 0 Å². The van der Waals surface area contributed by atoms with E-state index in [4.69, 9.17) is 22.1 Å². The van der Waals surface area contributed by atoms with Gasteiger partial charge in [0.05, 0.1) is 5.69 Å². The Morgan fingerprint density at radius 1 is 1.10 bits per heavy atom. The zero-order valence-corrected chi connectivity index (χ0v) is 11.8. The molecule has 1 heterocycles. The van der Waals surface area contributed by atoms with Crippen LogP contribution in [0.1, 0.15) is 0 Å². The van der Waals surface area contributed by atoms with Gasteiger partial charge in [-0.1, -0.05) is 54.1 Å². The van der Waals surface area contributed by atoms with Gasteiger partial charge in [-0.15, -0.1) is 0 Å². The Kier molecular flexibility index (Phi) is 4.47. The maximum atomic E-state index is 12.0. The van der Waals surface area contributed by atoms with E-state index in [1.54, 1.807) is 6.07 Å². The van der Waals surface area contributed by atoms with Crippen LogP contribution in [0.25, 0.3) is 11.1 Å². The second-order valence-electron chi connectivity index (χ2n) is 4.53. The first-order valence-electron chi connectivity index (χ1n) is 6.22. The van der Waals surface area contributed by atoms with Crippen molar-refractivity contribution in [3.8, 4) is 16.9 Å². The number of ether oxygens (including phenoxy) is 1. The Morgan fingerprint density at radius 2 is 1.81 bits per heavy atom. The van der Waals surface area contributed by atoms with Gasteiger partial charge in [-0.3, -0.25) is 4.79 Å². The molecule has 0 fully saturated rings. The average Bonchev–Trinajstić information content (AvgIpc) is 2.58. The van der Waals surface area contributed by atoms with Crippen molar-refractivity contribution < 1.29 is 15.0 Å². The number of nitrogens with one attached hydrogen (secondary N) is 1. The maximum absolute atomic E-state index is 12.0. The summed E-state index contributed by atoms with van der Waals surface area (Å²) in [6.07, 6.45) is 0. The van der Waals surface area contributed by atoms with E-state index in [1.165, 1.54) is 0 Å². The third kappa shape index (κ3) is 2.85. The third-order valence-electron chi connectivity index (χ3n) is 3.18. The van der Waals surface area contributed by atoms with Gasteiger partial charge in [-0.25, -0.2) is 0 Å². The molecule has 2 aromatic rings. The van der Waals surface area contributed by atoms with Gasteiger partial charge in [-0.2, -0.15) is 0 Å². The van der Waals surface area contributed by atoms with Gasteiger partial charge in [0.1, 0.15) is 11.8 Å². The molecule has 0 aliphatic carbocycles. The fraction of sp³-hybridized carbons (Fsp3) is 0.133. The Balaban J connectivity index is 0.00000161. The monoisotopic (exact) mass is 306 g/mol. The predicted octanol–water partition coefficient (Wildman–Crippen LogP) is 1.75. The lowest BCUT2D eigenvalue weighted by molar-refractivity contribution is -0.118. The molecule has 1 unspecified atom stereocenters. The van der Waals surface area contributed by atoms with Crippen LogP contribution in [0.4, 0.5) is 5.69 Å². The van der Waals surface area contributed by atoms with Gasteiger partial charge in [0, 0.05) is 5.56 Å². The van der Waals surface area contributed by atoms with Crippen LogP contribution in [0.15, 0.2) is 48.5 Å². The number of halogens is 1. The Morgan fingerprint density at radius 3 is 2.52 bits per heavy atom. The van der Waals surface area contributed by atoms with E-state index in [0.717, 1.165) is 11.1 Å². The van der Waals surface area contributed by atoms with E-state index in [1.807, 2.05) is 42.5 Å². The van der Waals surface area contributed by atoms with Crippen LogP contribution >= 0.6 is 11.6 Å². The summed E-state index contributed by atoms with van der Waals surface area (Å²) in [6.45, 7) is 0. The van der Waals surface area contributed by atoms with Crippen molar-refractivity contribution >= 4 is 23.2 Å². The summed E-state index contributed by atoms with van der Waals surface area (Å²) in [6, 6.07) is 14.4. The largest absolute Gasteiger partial charge is 0.470 e. The first-order chi connectivity index (χ1) is 9.66. The number of para-hydroxylation sites is 1. The summed E-state index contributed by atoms with van der Waals surface area (Å²) in [7, 11) is 0. The van der Waals surface area contributed by atoms with Crippen LogP contribution in [0, 0.1) is 0 Å². The van der Waals surface area contributed by atoms with Crippen molar-refractivity contribution in [2.75, 3.05) is 5.32 Å². The number of amides is 1. The summed E-state index contributed by atoms with van der Waals surface area (Å²) >= 11 is 5.98. The van der Waals surface area contributed by atoms with Crippen LogP contribution in [-0.2, 0) is 4.79 Å². The molecular formula is C15H15ClN2O3. The van der Waals surface area contributed by atoms with Crippen LogP contribution < -0.4 is 15.8 Å². The number of rotatable bonds is 1. The molecule has 5 N–H and O–H groups in total. The van der Waals surface area contributed by atoms with Crippen LogP contribution in [0.5, 0.6) is 5.75 Å². The average molecular weight is 307 g/mol. The van der Waals surface area contributed by atoms with Crippen LogP contribution in [0.3, 0.4) is 0 Å². The molecule has 0 bridgehead atoms. The van der Waals surface area contributed by atoms with E-state index in [-0.39, 0.29) is 11.4 Å². The highest BCUT2D eigenvalue weighted by molar-refractivity contribution is 6.23. The van der Waals surface area contributed by atoms with E-state index < -0.39 is 11.6 Å². The number of hydrogen-bond acceptors (Lipinski definition) is 3. The molecule has 0 spiro atoms. The van der Waals surface area contributed by atoms with E-state index >= 15 is 0 Å². The van der Waals surface area contributed by atoms with Crippen LogP contribution in [-0.4, -0.2) is 23.0 Å². The normalized spacial score (nSPS) is 20.4. The van der Waals surface area contributed by atoms with Crippen molar-refractivity contribution in [1.29, 1.82) is 0 Å². The molecule has 0 aromatic heterocycles. The molecule has 1 aliphatic rings. The molecular weight excluding hydrogens is 292 g/mol. The number of nitrogens with two attached hydrogens (primary N) is 1. The molecule has 6 heteroatoms. The first-order valence-corrected chi connectivity index (χ1v) is 6.66. The standard InChI is InChI=1S/C15H13ClN2O2.H2O/c16-14-12(17)15(19)18-13-10(7-4-8-11(13)20-14)9-5-2-1-3-6-9;/h1-8,12,14H,17H2,(H,18,19);1H2/t12-,14?;/m0./s1. The zero-order valence-electron chi connectivity index (χ0n) is 11.0. The molecule has 0 saturated carbocycles. The smallest absolute Gasteiger partial charge is 0.246 e. The van der Waals surface area contributed by atoms with Gasteiger partial charge in [0.15, 0.2) is 5.56 Å². The van der Waals surface area contributed by atoms with Gasteiger partial charge in [0.2, 0.25) is 5.91 Å². The summed E-state index contributed by atoms with van der Waals surface area (Å²) in [4.78, 5) is 12.0. The van der Waals surface area contributed by atoms with E-state index in [2.05, 4.69) is 5.32 Å². The Bertz CT molecular complexity index is 649. The molecule has 110 valence electrons. The second-order valence-corrected chi connectivity index (χ2v) is 4.96. The number of carbonyl (C=O) groups excluding carboxylic acids is 1. The molecule has 0 radical (unpaired) electrons. The van der Waals surface area contributed by atoms with Crippen molar-refractivity contribution in [1.82, 2.24) is 0 Å². The quantitative estimate of drug-likeness (QED) is 0.786. The minimum Gasteiger partial charge on any atom is -0.470 e. The van der Waals surface area contributed by atoms with E-state index in [0.29, 0.717) is 11.4 Å². The lowest BCUT2D eigenvalue weighted by atomic mass is 10.0. The van der Waals surface area contributed by atoms with Gasteiger partial charge < -0.3 is 21.3 Å². The summed E-state index contributed by atoms with van der Waals surface area (Å²) in [5, 5.41) is 2.80. The molecule has 5 nitrogen and oxygen atoms in total. The molecule has 1 amide bonds. The summed E-state index contributed by atoms with van der Waals surface area (Å²) in [5.74, 6) is 0.166. The SMILES string of the molecule is N[C@@H]1C(=O)Nc2c(cccc2-c2ccccc2)OC1Cl.O. The third-order valence-corrected chi connectivity index (χ3v) is 3.54. The van der Waals surface area contributed by atoms with Gasteiger partial charge in [-0.05, 0) is 11.6 Å². The highest BCUT2D eigenvalue weighted by Gasteiger charge is 2.30. The number of anilines is 1. The minimum atomic E-state index is -0.910. The number of carbonyl (C=O) groups is 1. The summed E-state index contributed by atoms with van der Waals surface area (Å²) < 4.78 is 5.56. The molecule has 2 aromatic carbocycles. The number of alkyl halides is 1. The van der Waals surface area contributed by atoms with E-state index in [9.17, 15) is 4.79 Å². The van der Waals surface area contributed by atoms with Crippen molar-refractivity contribution in [2.24, 2.45) is 5.73 Å². The predicted molar refractivity (Wildman–Crippen MR) is 82.4 cm³/mol. The highest BCUT2D eigenvalue weighted by Crippen LogP contribution is 2.38. The highest BCUT2D eigenvalue weighted by atomic mass is 35.5. The minimum absolute atomic E-state index is 0. The molecule has 1 aliphatic heterocycles. The van der Waals surface area contributed by atoms with Gasteiger partial charge >= 0.3 is 0 Å². The number of fused-ring (bicyclic) bond motifs is 1. The summed E-state index contributed by atoms with van der Waals surface area (Å²) in [5.41, 5.74) is 7.28. The molecule has 0 saturated heterocycles. The maximum Gasteiger partial charge on any atom is 0.246 e. The Hall–Kier alpha value is -2.08. The number of benzene rings is 2. The molecule has 21 heavy (non-hydrogen) atoms.